The normalized spacial score (nSPS) is 10.3. The highest BCUT2D eigenvalue weighted by Gasteiger charge is 2.07. The summed E-state index contributed by atoms with van der Waals surface area (Å²) in [5.41, 5.74) is 2.01. The van der Waals surface area contributed by atoms with Crippen molar-refractivity contribution >= 4 is 17.3 Å². The average molecular weight is 412 g/mol. The summed E-state index contributed by atoms with van der Waals surface area (Å²) in [5, 5.41) is 6.87. The molecule has 0 saturated carbocycles. The molecule has 0 aliphatic carbocycles. The molecule has 0 aliphatic heterocycles. The molecule has 5 nitrogen and oxygen atoms in total. The zero-order valence-electron chi connectivity index (χ0n) is 16.0. The van der Waals surface area contributed by atoms with Crippen LogP contribution in [0.1, 0.15) is 11.1 Å². The van der Waals surface area contributed by atoms with Crippen LogP contribution in [-0.4, -0.2) is 23.8 Å². The third kappa shape index (κ3) is 6.43. The minimum Gasteiger partial charge on any atom is -0.497 e. The zero-order chi connectivity index (χ0) is 20.5. The van der Waals surface area contributed by atoms with Gasteiger partial charge in [-0.1, -0.05) is 24.3 Å². The summed E-state index contributed by atoms with van der Waals surface area (Å²) >= 11 is 5.35. The summed E-state index contributed by atoms with van der Waals surface area (Å²) in [7, 11) is 1.65. The molecule has 0 fully saturated rings. The Morgan fingerprint density at radius 1 is 1.03 bits per heavy atom. The SMILES string of the molecule is COc1ccc(CCNC(=S)NCc2cccnc2Oc2cccc(F)c2)cc1. The van der Waals surface area contributed by atoms with Gasteiger partial charge in [0.05, 0.1) is 7.11 Å². The van der Waals surface area contributed by atoms with E-state index in [4.69, 9.17) is 21.7 Å². The molecule has 0 aliphatic rings. The Morgan fingerprint density at radius 2 is 1.86 bits per heavy atom. The Balaban J connectivity index is 1.48. The standard InChI is InChI=1S/C22H22FN3O2S/c1-27-19-9-7-16(8-10-19)11-13-25-22(29)26-15-17-4-3-12-24-21(17)28-20-6-2-5-18(23)14-20/h2-10,12,14H,11,13,15H2,1H3,(H2,25,26,29). The van der Waals surface area contributed by atoms with Gasteiger partial charge in [-0.2, -0.15) is 0 Å². The molecule has 2 aromatic carbocycles. The number of thiocarbonyl (C=S) groups is 1. The van der Waals surface area contributed by atoms with Crippen molar-refractivity contribution in [2.24, 2.45) is 0 Å². The third-order valence-electron chi connectivity index (χ3n) is 4.16. The Hall–Kier alpha value is -3.19. The van der Waals surface area contributed by atoms with Crippen LogP contribution >= 0.6 is 12.2 Å². The summed E-state index contributed by atoms with van der Waals surface area (Å²) in [6.45, 7) is 1.14. The maximum Gasteiger partial charge on any atom is 0.224 e. The molecule has 2 N–H and O–H groups in total. The van der Waals surface area contributed by atoms with Crippen LogP contribution in [0.2, 0.25) is 0 Å². The average Bonchev–Trinajstić information content (AvgIpc) is 2.74. The van der Waals surface area contributed by atoms with Crippen LogP contribution in [0.15, 0.2) is 66.9 Å². The summed E-state index contributed by atoms with van der Waals surface area (Å²) in [5.74, 6) is 1.28. The predicted octanol–water partition coefficient (Wildman–Crippen LogP) is 4.23. The van der Waals surface area contributed by atoms with E-state index in [2.05, 4.69) is 15.6 Å². The minimum absolute atomic E-state index is 0.361. The molecule has 1 heterocycles. The number of nitrogens with one attached hydrogen (secondary N) is 2. The number of pyridine rings is 1. The summed E-state index contributed by atoms with van der Waals surface area (Å²) in [4.78, 5) is 4.24. The number of aromatic nitrogens is 1. The van der Waals surface area contributed by atoms with Crippen molar-refractivity contribution in [3.63, 3.8) is 0 Å². The van der Waals surface area contributed by atoms with Gasteiger partial charge in [0.15, 0.2) is 5.11 Å². The first kappa shape index (κ1) is 20.5. The number of hydrogen-bond donors (Lipinski definition) is 2. The van der Waals surface area contributed by atoms with Gasteiger partial charge in [0, 0.05) is 30.9 Å². The van der Waals surface area contributed by atoms with E-state index in [1.165, 1.54) is 17.7 Å². The fourth-order valence-electron chi connectivity index (χ4n) is 2.64. The second-order valence-electron chi connectivity index (χ2n) is 6.23. The lowest BCUT2D eigenvalue weighted by molar-refractivity contribution is 0.414. The lowest BCUT2D eigenvalue weighted by Gasteiger charge is -2.13. The highest BCUT2D eigenvalue weighted by atomic mass is 32.1. The first-order chi connectivity index (χ1) is 14.1. The number of nitrogens with zero attached hydrogens (tertiary/aromatic N) is 1. The second kappa shape index (κ2) is 10.4. The topological polar surface area (TPSA) is 55.4 Å². The molecule has 29 heavy (non-hydrogen) atoms. The van der Waals surface area contributed by atoms with E-state index in [1.54, 1.807) is 25.4 Å². The van der Waals surface area contributed by atoms with E-state index in [0.29, 0.717) is 29.8 Å². The van der Waals surface area contributed by atoms with Gasteiger partial charge in [-0.3, -0.25) is 0 Å². The number of halogens is 1. The number of hydrogen-bond acceptors (Lipinski definition) is 4. The zero-order valence-corrected chi connectivity index (χ0v) is 16.8. The Labute approximate surface area is 174 Å². The lowest BCUT2D eigenvalue weighted by Crippen LogP contribution is -2.36. The minimum atomic E-state index is -0.361. The summed E-state index contributed by atoms with van der Waals surface area (Å²) < 4.78 is 24.2. The molecule has 0 radical (unpaired) electrons. The Morgan fingerprint density at radius 3 is 2.62 bits per heavy atom. The molecule has 0 amide bonds. The van der Waals surface area contributed by atoms with Crippen molar-refractivity contribution in [2.75, 3.05) is 13.7 Å². The maximum atomic E-state index is 13.4. The van der Waals surface area contributed by atoms with Crippen LogP contribution in [0.25, 0.3) is 0 Å². The highest BCUT2D eigenvalue weighted by molar-refractivity contribution is 7.80. The van der Waals surface area contributed by atoms with Gasteiger partial charge in [0.25, 0.3) is 0 Å². The number of benzene rings is 2. The van der Waals surface area contributed by atoms with Gasteiger partial charge < -0.3 is 20.1 Å². The van der Waals surface area contributed by atoms with Gasteiger partial charge in [-0.25, -0.2) is 9.37 Å². The molecule has 3 aromatic rings. The third-order valence-corrected chi connectivity index (χ3v) is 4.45. The van der Waals surface area contributed by atoms with Gasteiger partial charge in [0.1, 0.15) is 17.3 Å². The fourth-order valence-corrected chi connectivity index (χ4v) is 2.82. The Bertz CT molecular complexity index is 951. The molecule has 1 aromatic heterocycles. The first-order valence-corrected chi connectivity index (χ1v) is 9.57. The van der Waals surface area contributed by atoms with Gasteiger partial charge in [-0.05, 0) is 54.5 Å². The lowest BCUT2D eigenvalue weighted by atomic mass is 10.1. The van der Waals surface area contributed by atoms with Crippen LogP contribution in [0.4, 0.5) is 4.39 Å². The molecule has 0 bridgehead atoms. The van der Waals surface area contributed by atoms with Gasteiger partial charge in [0.2, 0.25) is 5.88 Å². The van der Waals surface area contributed by atoms with E-state index in [0.717, 1.165) is 17.7 Å². The van der Waals surface area contributed by atoms with E-state index in [9.17, 15) is 4.39 Å². The van der Waals surface area contributed by atoms with Crippen LogP contribution in [-0.2, 0) is 13.0 Å². The number of ether oxygens (including phenoxy) is 2. The largest absolute Gasteiger partial charge is 0.497 e. The van der Waals surface area contributed by atoms with Crippen LogP contribution < -0.4 is 20.1 Å². The summed E-state index contributed by atoms with van der Waals surface area (Å²) in [6, 6.07) is 17.6. The van der Waals surface area contributed by atoms with Crippen LogP contribution in [0, 0.1) is 5.82 Å². The van der Waals surface area contributed by atoms with E-state index in [-0.39, 0.29) is 5.82 Å². The van der Waals surface area contributed by atoms with E-state index >= 15 is 0 Å². The van der Waals surface area contributed by atoms with Gasteiger partial charge >= 0.3 is 0 Å². The molecule has 0 atom stereocenters. The first-order valence-electron chi connectivity index (χ1n) is 9.16. The summed E-state index contributed by atoms with van der Waals surface area (Å²) in [6.07, 6.45) is 2.47. The predicted molar refractivity (Wildman–Crippen MR) is 115 cm³/mol. The van der Waals surface area contributed by atoms with Crippen molar-refractivity contribution in [3.05, 3.63) is 83.8 Å². The molecule has 0 saturated heterocycles. The number of methoxy groups -OCH3 is 1. The van der Waals surface area contributed by atoms with Gasteiger partial charge in [-0.15, -0.1) is 0 Å². The maximum absolute atomic E-state index is 13.4. The van der Waals surface area contributed by atoms with Crippen LogP contribution in [0.3, 0.4) is 0 Å². The van der Waals surface area contributed by atoms with Crippen molar-refractivity contribution < 1.29 is 13.9 Å². The van der Waals surface area contributed by atoms with Crippen molar-refractivity contribution in [2.45, 2.75) is 13.0 Å². The molecular formula is C22H22FN3O2S. The molecular weight excluding hydrogens is 389 g/mol. The van der Waals surface area contributed by atoms with E-state index in [1.807, 2.05) is 36.4 Å². The van der Waals surface area contributed by atoms with Crippen molar-refractivity contribution in [3.8, 4) is 17.4 Å². The van der Waals surface area contributed by atoms with E-state index < -0.39 is 0 Å². The molecule has 0 unspecified atom stereocenters. The molecule has 7 heteroatoms. The highest BCUT2D eigenvalue weighted by Crippen LogP contribution is 2.23. The quantitative estimate of drug-likeness (QED) is 0.541. The monoisotopic (exact) mass is 411 g/mol. The fraction of sp³-hybridized carbons (Fsp3) is 0.182. The molecule has 3 rings (SSSR count). The smallest absolute Gasteiger partial charge is 0.224 e. The Kier molecular flexibility index (Phi) is 7.35. The van der Waals surface area contributed by atoms with Crippen molar-refractivity contribution in [1.82, 2.24) is 15.6 Å². The van der Waals surface area contributed by atoms with Crippen LogP contribution in [0.5, 0.6) is 17.4 Å². The number of rotatable bonds is 8. The molecule has 0 spiro atoms. The second-order valence-corrected chi connectivity index (χ2v) is 6.64. The van der Waals surface area contributed by atoms with Crippen molar-refractivity contribution in [1.29, 1.82) is 0 Å². The molecule has 150 valence electrons.